The van der Waals surface area contributed by atoms with Crippen LogP contribution < -0.4 is 0 Å². The van der Waals surface area contributed by atoms with Crippen molar-refractivity contribution in [1.29, 1.82) is 0 Å². The van der Waals surface area contributed by atoms with Gasteiger partial charge in [0.05, 0.1) is 11.1 Å². The first kappa shape index (κ1) is 23.9. The first-order valence-corrected chi connectivity index (χ1v) is 5.15. The van der Waals surface area contributed by atoms with Gasteiger partial charge < -0.3 is 21.2 Å². The molecule has 0 amide bonds. The van der Waals surface area contributed by atoms with Crippen molar-refractivity contribution in [3.63, 3.8) is 0 Å². The van der Waals surface area contributed by atoms with Gasteiger partial charge in [-0.25, -0.2) is 0 Å². The number of carbonyl (C=O) groups is 2. The van der Waals surface area contributed by atoms with Gasteiger partial charge in [-0.3, -0.25) is 9.59 Å². The predicted molar refractivity (Wildman–Crippen MR) is 74.2 cm³/mol. The number of benzene rings is 2. The molecule has 0 aliphatic rings. The van der Waals surface area contributed by atoms with Crippen LogP contribution in [0.4, 0.5) is 0 Å². The summed E-state index contributed by atoms with van der Waals surface area (Å²) in [5, 5.41) is 17.8. The fraction of sp³-hybridized carbons (Fsp3) is 0. The van der Waals surface area contributed by atoms with Crippen LogP contribution in [0.15, 0.2) is 48.5 Å². The van der Waals surface area contributed by atoms with Gasteiger partial charge in [0.1, 0.15) is 11.5 Å². The van der Waals surface area contributed by atoms with E-state index in [1.807, 2.05) is 0 Å². The molecule has 6 nitrogen and oxygen atoms in total. The van der Waals surface area contributed by atoms with Gasteiger partial charge in [0.15, 0.2) is 12.6 Å². The minimum atomic E-state index is 0. The predicted octanol–water partition coefficient (Wildman–Crippen LogP) is 0.758. The SMILES string of the molecule is O.O.O=Cc1ccccc1O.O=Cc1ccccc1O.[Co+2]. The van der Waals surface area contributed by atoms with E-state index in [2.05, 4.69) is 0 Å². The van der Waals surface area contributed by atoms with E-state index >= 15 is 0 Å². The molecule has 0 aliphatic heterocycles. The summed E-state index contributed by atoms with van der Waals surface area (Å²) in [4.78, 5) is 20.1. The van der Waals surface area contributed by atoms with Crippen LogP contribution in [0, 0.1) is 0 Å². The fourth-order valence-corrected chi connectivity index (χ4v) is 1.17. The van der Waals surface area contributed by atoms with E-state index in [4.69, 9.17) is 10.2 Å². The number of hydrogen-bond donors (Lipinski definition) is 2. The molecule has 115 valence electrons. The third kappa shape index (κ3) is 7.85. The Labute approximate surface area is 131 Å². The van der Waals surface area contributed by atoms with E-state index in [1.54, 1.807) is 36.4 Å². The zero-order chi connectivity index (χ0) is 13.4. The molecule has 21 heavy (non-hydrogen) atoms. The van der Waals surface area contributed by atoms with Crippen LogP contribution in [-0.2, 0) is 16.8 Å². The molecule has 0 atom stereocenters. The molecule has 0 bridgehead atoms. The van der Waals surface area contributed by atoms with Crippen molar-refractivity contribution in [3.05, 3.63) is 59.7 Å². The van der Waals surface area contributed by atoms with Crippen LogP contribution in [0.5, 0.6) is 11.5 Å². The van der Waals surface area contributed by atoms with Crippen LogP contribution in [-0.4, -0.2) is 33.7 Å². The summed E-state index contributed by atoms with van der Waals surface area (Å²) in [6.45, 7) is 0. The van der Waals surface area contributed by atoms with Crippen molar-refractivity contribution in [2.45, 2.75) is 0 Å². The molecule has 0 unspecified atom stereocenters. The maximum atomic E-state index is 10.1. The number of hydrogen-bond acceptors (Lipinski definition) is 4. The van der Waals surface area contributed by atoms with E-state index in [0.717, 1.165) is 0 Å². The van der Waals surface area contributed by atoms with Gasteiger partial charge in [0, 0.05) is 0 Å². The number of aromatic hydroxyl groups is 2. The number of carbonyl (C=O) groups excluding carboxylic acids is 2. The van der Waals surface area contributed by atoms with E-state index < -0.39 is 0 Å². The number of para-hydroxylation sites is 2. The van der Waals surface area contributed by atoms with Crippen LogP contribution in [0.2, 0.25) is 0 Å². The number of aldehydes is 2. The average Bonchev–Trinajstić information content (AvgIpc) is 2.41. The maximum absolute atomic E-state index is 10.1. The van der Waals surface area contributed by atoms with Gasteiger partial charge in [-0.1, -0.05) is 24.3 Å². The van der Waals surface area contributed by atoms with Crippen LogP contribution in [0.25, 0.3) is 0 Å². The summed E-state index contributed by atoms with van der Waals surface area (Å²) in [5.41, 5.74) is 0.662. The van der Waals surface area contributed by atoms with Crippen LogP contribution >= 0.6 is 0 Å². The van der Waals surface area contributed by atoms with Gasteiger partial charge in [-0.05, 0) is 24.3 Å². The first-order chi connectivity index (χ1) is 8.69. The Morgan fingerprint density at radius 1 is 0.667 bits per heavy atom. The Morgan fingerprint density at radius 2 is 0.952 bits per heavy atom. The quantitative estimate of drug-likeness (QED) is 0.780. The number of phenols is 2. The Bertz CT molecular complexity index is 495. The maximum Gasteiger partial charge on any atom is 2.00 e. The van der Waals surface area contributed by atoms with Crippen LogP contribution in [0.3, 0.4) is 0 Å². The third-order valence-corrected chi connectivity index (χ3v) is 2.13. The molecule has 7 heteroatoms. The standard InChI is InChI=1S/2C7H6O2.Co.2H2O/c2*8-5-6-3-1-2-4-7(6)9;;;/h2*1-5,9H;;2*1H2/q;;+2;;. The second-order valence-corrected chi connectivity index (χ2v) is 3.35. The summed E-state index contributed by atoms with van der Waals surface area (Å²) in [6.07, 6.45) is 1.24. The molecule has 2 aromatic rings. The average molecular weight is 339 g/mol. The molecule has 0 spiro atoms. The minimum absolute atomic E-state index is 0. The summed E-state index contributed by atoms with van der Waals surface area (Å²) in [7, 11) is 0. The summed E-state index contributed by atoms with van der Waals surface area (Å²) in [5.74, 6) is 0.0694. The van der Waals surface area contributed by atoms with Crippen molar-refractivity contribution >= 4 is 12.6 Å². The Balaban J connectivity index is -0.000000270. The van der Waals surface area contributed by atoms with Gasteiger partial charge in [-0.2, -0.15) is 0 Å². The largest absolute Gasteiger partial charge is 2.00 e. The van der Waals surface area contributed by atoms with Crippen molar-refractivity contribution in [2.75, 3.05) is 0 Å². The number of rotatable bonds is 2. The molecule has 2 rings (SSSR count). The number of phenolic OH excluding ortho intramolecular Hbond substituents is 2. The molecule has 6 N–H and O–H groups in total. The smallest absolute Gasteiger partial charge is 0.507 e. The molecular weight excluding hydrogens is 323 g/mol. The van der Waals surface area contributed by atoms with Crippen molar-refractivity contribution in [2.24, 2.45) is 0 Å². The van der Waals surface area contributed by atoms with Crippen molar-refractivity contribution in [3.8, 4) is 11.5 Å². The Morgan fingerprint density at radius 3 is 1.14 bits per heavy atom. The van der Waals surface area contributed by atoms with E-state index in [-0.39, 0.29) is 39.2 Å². The summed E-state index contributed by atoms with van der Waals surface area (Å²) >= 11 is 0. The second-order valence-electron chi connectivity index (χ2n) is 3.35. The molecule has 0 saturated heterocycles. The van der Waals surface area contributed by atoms with Gasteiger partial charge >= 0.3 is 16.8 Å². The molecule has 2 aromatic carbocycles. The van der Waals surface area contributed by atoms with Crippen LogP contribution in [0.1, 0.15) is 20.7 Å². The topological polar surface area (TPSA) is 138 Å². The van der Waals surface area contributed by atoms with E-state index in [0.29, 0.717) is 23.7 Å². The normalized spacial score (nSPS) is 7.62. The fourth-order valence-electron chi connectivity index (χ4n) is 1.17. The zero-order valence-corrected chi connectivity index (χ0v) is 11.9. The van der Waals surface area contributed by atoms with Gasteiger partial charge in [0.2, 0.25) is 0 Å². The first-order valence-electron chi connectivity index (χ1n) is 5.15. The Kier molecular flexibility index (Phi) is 14.6. The summed E-state index contributed by atoms with van der Waals surface area (Å²) < 4.78 is 0. The van der Waals surface area contributed by atoms with Crippen molar-refractivity contribution < 1.29 is 47.5 Å². The van der Waals surface area contributed by atoms with Crippen molar-refractivity contribution in [1.82, 2.24) is 0 Å². The minimum Gasteiger partial charge on any atom is -0.507 e. The molecule has 0 saturated carbocycles. The molecular formula is C14H16CoO6+2. The molecule has 0 fully saturated rings. The third-order valence-electron chi connectivity index (χ3n) is 2.13. The van der Waals surface area contributed by atoms with E-state index in [9.17, 15) is 9.59 Å². The second kappa shape index (κ2) is 12.8. The summed E-state index contributed by atoms with van der Waals surface area (Å²) in [6, 6.07) is 12.8. The van der Waals surface area contributed by atoms with Gasteiger partial charge in [0.25, 0.3) is 0 Å². The molecule has 1 radical (unpaired) electrons. The molecule has 0 aromatic heterocycles. The molecule has 0 heterocycles. The van der Waals surface area contributed by atoms with E-state index in [1.165, 1.54) is 12.1 Å². The Hall–Kier alpha value is -2.19. The monoisotopic (exact) mass is 339 g/mol. The molecule has 0 aliphatic carbocycles. The van der Waals surface area contributed by atoms with Gasteiger partial charge in [-0.15, -0.1) is 0 Å². The zero-order valence-electron chi connectivity index (χ0n) is 10.8.